The maximum atomic E-state index is 12.3. The standard InChI is InChI=1S/C22H28N4O4/c1-13-21-17(26(25-13)18-5-6-20(27)24-22(18)28)3-2-4-19(21)30-16-11-15(12-16)29-14-7-9-23-10-8-14/h2-4,14-16,18,23H,5-12H2,1H3,(H,24,27,28). The summed E-state index contributed by atoms with van der Waals surface area (Å²) >= 11 is 0. The minimum Gasteiger partial charge on any atom is -0.489 e. The van der Waals surface area contributed by atoms with E-state index in [0.29, 0.717) is 18.9 Å². The van der Waals surface area contributed by atoms with Gasteiger partial charge in [0, 0.05) is 19.3 Å². The Bertz CT molecular complexity index is 959. The average molecular weight is 412 g/mol. The van der Waals surface area contributed by atoms with E-state index >= 15 is 0 Å². The number of imide groups is 1. The molecule has 5 rings (SSSR count). The molecule has 0 radical (unpaired) electrons. The summed E-state index contributed by atoms with van der Waals surface area (Å²) in [5, 5.41) is 11.3. The van der Waals surface area contributed by atoms with Crippen molar-refractivity contribution in [2.45, 2.75) is 69.8 Å². The zero-order valence-electron chi connectivity index (χ0n) is 17.2. The molecule has 1 aromatic carbocycles. The highest BCUT2D eigenvalue weighted by molar-refractivity contribution is 6.00. The molecule has 3 fully saturated rings. The number of carbonyl (C=O) groups excluding carboxylic acids is 2. The number of amides is 2. The largest absolute Gasteiger partial charge is 0.489 e. The summed E-state index contributed by atoms with van der Waals surface area (Å²) in [6, 6.07) is 5.38. The highest BCUT2D eigenvalue weighted by Gasteiger charge is 2.35. The molecule has 2 aromatic rings. The zero-order chi connectivity index (χ0) is 20.7. The van der Waals surface area contributed by atoms with Crippen LogP contribution in [0.15, 0.2) is 18.2 Å². The van der Waals surface area contributed by atoms with Crippen molar-refractivity contribution < 1.29 is 19.1 Å². The molecule has 30 heavy (non-hydrogen) atoms. The molecule has 1 aliphatic carbocycles. The first-order valence-corrected chi connectivity index (χ1v) is 10.9. The molecule has 160 valence electrons. The number of ether oxygens (including phenoxy) is 2. The van der Waals surface area contributed by atoms with Gasteiger partial charge >= 0.3 is 0 Å². The molecule has 8 nitrogen and oxygen atoms in total. The first-order chi connectivity index (χ1) is 14.6. The predicted molar refractivity (Wildman–Crippen MR) is 110 cm³/mol. The summed E-state index contributed by atoms with van der Waals surface area (Å²) < 4.78 is 14.2. The topological polar surface area (TPSA) is 94.5 Å². The lowest BCUT2D eigenvalue weighted by atomic mass is 9.91. The van der Waals surface area contributed by atoms with Gasteiger partial charge in [-0.2, -0.15) is 5.10 Å². The third-order valence-corrected chi connectivity index (χ3v) is 6.39. The van der Waals surface area contributed by atoms with Crippen LogP contribution in [0.3, 0.4) is 0 Å². The van der Waals surface area contributed by atoms with E-state index < -0.39 is 6.04 Å². The summed E-state index contributed by atoms with van der Waals surface area (Å²) in [4.78, 5) is 23.8. The van der Waals surface area contributed by atoms with Crippen molar-refractivity contribution in [3.8, 4) is 5.75 Å². The molecule has 0 spiro atoms. The fourth-order valence-corrected chi connectivity index (χ4v) is 4.70. The minimum absolute atomic E-state index is 0.140. The normalized spacial score (nSPS) is 27.7. The van der Waals surface area contributed by atoms with Crippen molar-refractivity contribution in [1.82, 2.24) is 20.4 Å². The Morgan fingerprint density at radius 3 is 2.63 bits per heavy atom. The molecule has 2 N–H and O–H groups in total. The summed E-state index contributed by atoms with van der Waals surface area (Å²) in [7, 11) is 0. The van der Waals surface area contributed by atoms with Crippen LogP contribution in [0.1, 0.15) is 50.3 Å². The Morgan fingerprint density at radius 2 is 1.87 bits per heavy atom. The van der Waals surface area contributed by atoms with Gasteiger partial charge in [-0.1, -0.05) is 6.07 Å². The second kappa shape index (κ2) is 8.00. The maximum Gasteiger partial charge on any atom is 0.251 e. The Balaban J connectivity index is 1.28. The molecule has 2 amide bonds. The van der Waals surface area contributed by atoms with Gasteiger partial charge in [-0.25, -0.2) is 0 Å². The number of hydrogen-bond acceptors (Lipinski definition) is 6. The van der Waals surface area contributed by atoms with Gasteiger partial charge in [-0.05, 0) is 51.4 Å². The molecule has 3 aliphatic rings. The van der Waals surface area contributed by atoms with E-state index in [1.807, 2.05) is 25.1 Å². The number of aromatic nitrogens is 2. The first-order valence-electron chi connectivity index (χ1n) is 10.9. The van der Waals surface area contributed by atoms with E-state index in [1.54, 1.807) is 4.68 Å². The van der Waals surface area contributed by atoms with Gasteiger partial charge in [0.15, 0.2) is 0 Å². The van der Waals surface area contributed by atoms with Gasteiger partial charge in [-0.3, -0.25) is 19.6 Å². The van der Waals surface area contributed by atoms with Crippen molar-refractivity contribution in [2.75, 3.05) is 13.1 Å². The van der Waals surface area contributed by atoms with E-state index in [-0.39, 0.29) is 24.0 Å². The smallest absolute Gasteiger partial charge is 0.251 e. The second-order valence-corrected chi connectivity index (χ2v) is 8.57. The fraction of sp³-hybridized carbons (Fsp3) is 0.591. The summed E-state index contributed by atoms with van der Waals surface area (Å²) in [5.74, 6) is 0.285. The number of fused-ring (bicyclic) bond motifs is 1. The zero-order valence-corrected chi connectivity index (χ0v) is 17.2. The SMILES string of the molecule is Cc1nn(C2CCC(=O)NC2=O)c2cccc(OC3CC(OC4CCNCC4)C3)c12. The van der Waals surface area contributed by atoms with Gasteiger partial charge in [0.05, 0.1) is 28.8 Å². The van der Waals surface area contributed by atoms with Crippen LogP contribution in [-0.4, -0.2) is 53.0 Å². The fourth-order valence-electron chi connectivity index (χ4n) is 4.70. The van der Waals surface area contributed by atoms with Crippen LogP contribution in [0.5, 0.6) is 5.75 Å². The van der Waals surface area contributed by atoms with Crippen LogP contribution in [0.2, 0.25) is 0 Å². The molecular weight excluding hydrogens is 384 g/mol. The summed E-state index contributed by atoms with van der Waals surface area (Å²) in [6.45, 7) is 4.01. The number of hydrogen-bond donors (Lipinski definition) is 2. The van der Waals surface area contributed by atoms with Gasteiger partial charge in [0.1, 0.15) is 17.9 Å². The number of benzene rings is 1. The van der Waals surface area contributed by atoms with E-state index in [4.69, 9.17) is 9.47 Å². The maximum absolute atomic E-state index is 12.3. The van der Waals surface area contributed by atoms with E-state index in [0.717, 1.165) is 61.1 Å². The average Bonchev–Trinajstić information content (AvgIpc) is 3.04. The molecule has 1 aromatic heterocycles. The molecule has 1 atom stereocenters. The van der Waals surface area contributed by atoms with Crippen molar-refractivity contribution >= 4 is 22.7 Å². The molecule has 1 unspecified atom stereocenters. The van der Waals surface area contributed by atoms with Gasteiger partial charge in [0.25, 0.3) is 5.91 Å². The number of carbonyl (C=O) groups is 2. The van der Waals surface area contributed by atoms with Crippen LogP contribution in [-0.2, 0) is 14.3 Å². The van der Waals surface area contributed by atoms with Gasteiger partial charge < -0.3 is 14.8 Å². The number of piperidine rings is 2. The van der Waals surface area contributed by atoms with Crippen molar-refractivity contribution in [2.24, 2.45) is 0 Å². The van der Waals surface area contributed by atoms with Crippen LogP contribution in [0.25, 0.3) is 10.9 Å². The Labute approximate surface area is 175 Å². The number of aryl methyl sites for hydroxylation is 1. The van der Waals surface area contributed by atoms with Crippen LogP contribution in [0.4, 0.5) is 0 Å². The van der Waals surface area contributed by atoms with Crippen molar-refractivity contribution in [1.29, 1.82) is 0 Å². The molecular formula is C22H28N4O4. The lowest BCUT2D eigenvalue weighted by Gasteiger charge is -2.38. The minimum atomic E-state index is -0.472. The highest BCUT2D eigenvalue weighted by atomic mass is 16.5. The van der Waals surface area contributed by atoms with E-state index in [1.165, 1.54) is 0 Å². The molecule has 2 aliphatic heterocycles. The molecule has 8 heteroatoms. The third-order valence-electron chi connectivity index (χ3n) is 6.39. The van der Waals surface area contributed by atoms with E-state index in [2.05, 4.69) is 15.7 Å². The lowest BCUT2D eigenvalue weighted by Crippen LogP contribution is -2.43. The van der Waals surface area contributed by atoms with Gasteiger partial charge in [0.2, 0.25) is 5.91 Å². The Kier molecular flexibility index (Phi) is 5.20. The van der Waals surface area contributed by atoms with Crippen LogP contribution in [0, 0.1) is 6.92 Å². The van der Waals surface area contributed by atoms with E-state index in [9.17, 15) is 9.59 Å². The molecule has 3 heterocycles. The van der Waals surface area contributed by atoms with Crippen LogP contribution < -0.4 is 15.4 Å². The third kappa shape index (κ3) is 3.70. The number of rotatable bonds is 5. The molecule has 0 bridgehead atoms. The molecule has 1 saturated carbocycles. The predicted octanol–water partition coefficient (Wildman–Crippen LogP) is 2.00. The number of nitrogens with one attached hydrogen (secondary N) is 2. The molecule has 2 saturated heterocycles. The lowest BCUT2D eigenvalue weighted by molar-refractivity contribution is -0.135. The van der Waals surface area contributed by atoms with Gasteiger partial charge in [-0.15, -0.1) is 0 Å². The van der Waals surface area contributed by atoms with Crippen molar-refractivity contribution in [3.05, 3.63) is 23.9 Å². The summed E-state index contributed by atoms with van der Waals surface area (Å²) in [6.07, 6.45) is 5.55. The number of nitrogens with zero attached hydrogens (tertiary/aromatic N) is 2. The second-order valence-electron chi connectivity index (χ2n) is 8.57. The quantitative estimate of drug-likeness (QED) is 0.730. The Hall–Kier alpha value is -2.45. The Morgan fingerprint density at radius 1 is 1.07 bits per heavy atom. The highest BCUT2D eigenvalue weighted by Crippen LogP contribution is 2.36. The first kappa shape index (κ1) is 19.5. The summed E-state index contributed by atoms with van der Waals surface area (Å²) in [5.41, 5.74) is 1.69. The monoisotopic (exact) mass is 412 g/mol. The van der Waals surface area contributed by atoms with Crippen molar-refractivity contribution in [3.63, 3.8) is 0 Å². The van der Waals surface area contributed by atoms with Crippen LogP contribution >= 0.6 is 0 Å².